The molecule has 0 bridgehead atoms. The van der Waals surface area contributed by atoms with Crippen LogP contribution in [-0.4, -0.2) is 0 Å². The zero-order chi connectivity index (χ0) is 44.5. The van der Waals surface area contributed by atoms with Crippen molar-refractivity contribution in [2.45, 2.75) is 104 Å². The highest BCUT2D eigenvalue weighted by Crippen LogP contribution is 2.54. The van der Waals surface area contributed by atoms with Gasteiger partial charge < -0.3 is 9.80 Å². The highest BCUT2D eigenvalue weighted by atomic mass is 15.2. The average molecular weight is 857 g/mol. The van der Waals surface area contributed by atoms with Crippen molar-refractivity contribution in [1.82, 2.24) is 0 Å². The summed E-state index contributed by atoms with van der Waals surface area (Å²) in [4.78, 5) is 5.24. The summed E-state index contributed by atoms with van der Waals surface area (Å²) in [6.45, 7) is 9.01. The van der Waals surface area contributed by atoms with Gasteiger partial charge in [-0.1, -0.05) is 148 Å². The molecule has 10 aromatic rings. The van der Waals surface area contributed by atoms with E-state index in [2.05, 4.69) is 195 Å². The maximum absolute atomic E-state index is 2.63. The number of aryl methyl sites for hydroxylation is 4. The molecule has 2 fully saturated rings. The fourth-order valence-electron chi connectivity index (χ4n) is 12.2. The van der Waals surface area contributed by atoms with Crippen LogP contribution in [-0.2, 0) is 0 Å². The fraction of sp³-hybridized carbons (Fsp3) is 0.250. The average Bonchev–Trinajstić information content (AvgIpc) is 3.36. The van der Waals surface area contributed by atoms with E-state index in [-0.39, 0.29) is 0 Å². The van der Waals surface area contributed by atoms with Crippen LogP contribution in [0.15, 0.2) is 158 Å². The fourth-order valence-corrected chi connectivity index (χ4v) is 12.2. The molecular weight excluding hydrogens is 797 g/mol. The van der Waals surface area contributed by atoms with Gasteiger partial charge in [-0.25, -0.2) is 0 Å². The molecule has 0 saturated heterocycles. The molecule has 2 nitrogen and oxygen atoms in total. The van der Waals surface area contributed by atoms with Gasteiger partial charge in [0.1, 0.15) is 0 Å². The van der Waals surface area contributed by atoms with Crippen LogP contribution < -0.4 is 9.80 Å². The highest BCUT2D eigenvalue weighted by Gasteiger charge is 2.30. The van der Waals surface area contributed by atoms with Crippen molar-refractivity contribution in [3.63, 3.8) is 0 Å². The second kappa shape index (κ2) is 16.7. The summed E-state index contributed by atoms with van der Waals surface area (Å²) in [7, 11) is 0. The topological polar surface area (TPSA) is 6.48 Å². The third kappa shape index (κ3) is 6.83. The predicted octanol–water partition coefficient (Wildman–Crippen LogP) is 19.2. The van der Waals surface area contributed by atoms with Crippen LogP contribution in [0.4, 0.5) is 34.1 Å². The molecular formula is C64H60N2. The monoisotopic (exact) mass is 856 g/mol. The van der Waals surface area contributed by atoms with Crippen LogP contribution in [0.2, 0.25) is 0 Å². The first kappa shape index (κ1) is 40.8. The van der Waals surface area contributed by atoms with Gasteiger partial charge in [0.05, 0.1) is 22.7 Å². The van der Waals surface area contributed by atoms with Crippen LogP contribution >= 0.6 is 0 Å². The van der Waals surface area contributed by atoms with Crippen molar-refractivity contribution in [3.8, 4) is 0 Å². The lowest BCUT2D eigenvalue weighted by molar-refractivity contribution is 0.445. The third-order valence-corrected chi connectivity index (χ3v) is 16.0. The Hall–Kier alpha value is -6.64. The van der Waals surface area contributed by atoms with Gasteiger partial charge in [-0.2, -0.15) is 0 Å². The van der Waals surface area contributed by atoms with Crippen LogP contribution in [0.1, 0.15) is 109 Å². The van der Waals surface area contributed by atoms with E-state index in [9.17, 15) is 0 Å². The van der Waals surface area contributed by atoms with Gasteiger partial charge in [0.25, 0.3) is 0 Å². The van der Waals surface area contributed by atoms with E-state index in [1.54, 1.807) is 0 Å². The first-order valence-corrected chi connectivity index (χ1v) is 24.9. The standard InChI is InChI=1S/C64H60N2/c1-41-29-31-49(37-43(41)3)65(59-27-15-23-45-21-11-13-25-51(45)59)61-39-57(47-17-7-5-8-18-47)53-34-36-56-62(40-58(48-19-9-6-10-20-48)54-33-35-55(61)63(53)64(54)56)66(50-32-30-42(2)44(4)38-50)60-28-16-24-46-22-12-14-26-52(46)60/h11-16,21-40,47-48H,5-10,17-20H2,1-4H3. The van der Waals surface area contributed by atoms with E-state index >= 15 is 0 Å². The molecule has 2 aliphatic rings. The van der Waals surface area contributed by atoms with Gasteiger partial charge in [0.15, 0.2) is 0 Å². The zero-order valence-electron chi connectivity index (χ0n) is 39.1. The molecule has 326 valence electrons. The van der Waals surface area contributed by atoms with Crippen LogP contribution in [0.25, 0.3) is 53.9 Å². The number of hydrogen-bond acceptors (Lipinski definition) is 2. The van der Waals surface area contributed by atoms with Gasteiger partial charge in [0.2, 0.25) is 0 Å². The van der Waals surface area contributed by atoms with Crippen LogP contribution in [0, 0.1) is 27.7 Å². The van der Waals surface area contributed by atoms with Crippen LogP contribution in [0.5, 0.6) is 0 Å². The molecule has 2 heteroatoms. The van der Waals surface area contributed by atoms with E-state index in [4.69, 9.17) is 0 Å². The molecule has 10 aromatic carbocycles. The second-order valence-corrected chi connectivity index (χ2v) is 19.9. The minimum absolute atomic E-state index is 0.510. The maximum atomic E-state index is 2.63. The summed E-state index contributed by atoms with van der Waals surface area (Å²) >= 11 is 0. The number of fused-ring (bicyclic) bond motifs is 2. The van der Waals surface area contributed by atoms with E-state index in [0.717, 1.165) is 0 Å². The van der Waals surface area contributed by atoms with E-state index in [1.165, 1.54) is 186 Å². The van der Waals surface area contributed by atoms with Crippen molar-refractivity contribution in [2.24, 2.45) is 0 Å². The van der Waals surface area contributed by atoms with Gasteiger partial charge in [-0.3, -0.25) is 0 Å². The Morgan fingerprint density at radius 3 is 1.14 bits per heavy atom. The zero-order valence-corrected chi connectivity index (χ0v) is 39.1. The number of rotatable bonds is 8. The minimum Gasteiger partial charge on any atom is -0.309 e. The lowest BCUT2D eigenvalue weighted by Gasteiger charge is -2.34. The Bertz CT molecular complexity index is 3210. The van der Waals surface area contributed by atoms with E-state index < -0.39 is 0 Å². The second-order valence-electron chi connectivity index (χ2n) is 19.9. The van der Waals surface area contributed by atoms with Crippen molar-refractivity contribution in [2.75, 3.05) is 9.80 Å². The van der Waals surface area contributed by atoms with Crippen molar-refractivity contribution in [1.29, 1.82) is 0 Å². The van der Waals surface area contributed by atoms with E-state index in [0.29, 0.717) is 11.8 Å². The van der Waals surface area contributed by atoms with Gasteiger partial charge >= 0.3 is 0 Å². The summed E-state index contributed by atoms with van der Waals surface area (Å²) in [6, 6.07) is 61.2. The molecule has 0 unspecified atom stereocenters. The largest absolute Gasteiger partial charge is 0.309 e. The summed E-state index contributed by atoms with van der Waals surface area (Å²) in [6.07, 6.45) is 12.8. The smallest absolute Gasteiger partial charge is 0.0543 e. The van der Waals surface area contributed by atoms with Gasteiger partial charge in [-0.15, -0.1) is 0 Å². The molecule has 66 heavy (non-hydrogen) atoms. The lowest BCUT2D eigenvalue weighted by atomic mass is 9.77. The van der Waals surface area contributed by atoms with Crippen molar-refractivity contribution in [3.05, 3.63) is 191 Å². The molecule has 0 atom stereocenters. The number of anilines is 6. The molecule has 0 spiro atoms. The predicted molar refractivity (Wildman–Crippen MR) is 285 cm³/mol. The third-order valence-electron chi connectivity index (χ3n) is 16.0. The molecule has 0 radical (unpaired) electrons. The Kier molecular flexibility index (Phi) is 10.3. The summed E-state index contributed by atoms with van der Waals surface area (Å²) in [5.41, 5.74) is 15.7. The summed E-state index contributed by atoms with van der Waals surface area (Å²) in [5.74, 6) is 1.02. The Morgan fingerprint density at radius 1 is 0.318 bits per heavy atom. The number of nitrogens with zero attached hydrogens (tertiary/aromatic N) is 2. The molecule has 2 saturated carbocycles. The molecule has 0 N–H and O–H groups in total. The van der Waals surface area contributed by atoms with Gasteiger partial charge in [-0.05, 0) is 179 Å². The Labute approximate surface area is 390 Å². The lowest BCUT2D eigenvalue weighted by Crippen LogP contribution is -2.15. The number of benzene rings is 10. The molecule has 0 heterocycles. The minimum atomic E-state index is 0.510. The summed E-state index contributed by atoms with van der Waals surface area (Å²) in [5, 5.41) is 13.4. The SMILES string of the molecule is Cc1ccc(N(c2cccc3ccccc23)c2cc(C3CCCCC3)c3ccc4c(N(c5ccc(C)c(C)c5)c5cccc6ccccc56)cc(C5CCCCC5)c5ccc2c3c54)cc1C. The maximum Gasteiger partial charge on any atom is 0.0543 e. The Morgan fingerprint density at radius 2 is 0.712 bits per heavy atom. The van der Waals surface area contributed by atoms with Crippen LogP contribution in [0.3, 0.4) is 0 Å². The molecule has 0 aromatic heterocycles. The normalized spacial score (nSPS) is 15.2. The van der Waals surface area contributed by atoms with E-state index in [1.807, 2.05) is 0 Å². The van der Waals surface area contributed by atoms with Gasteiger partial charge in [0, 0.05) is 32.9 Å². The molecule has 0 aliphatic heterocycles. The first-order valence-electron chi connectivity index (χ1n) is 24.9. The summed E-state index contributed by atoms with van der Waals surface area (Å²) < 4.78 is 0. The molecule has 0 amide bonds. The first-order chi connectivity index (χ1) is 32.4. The molecule has 12 rings (SSSR count). The van der Waals surface area contributed by atoms with Crippen molar-refractivity contribution >= 4 is 88.0 Å². The van der Waals surface area contributed by atoms with Crippen molar-refractivity contribution < 1.29 is 0 Å². The Balaban J connectivity index is 1.23. The molecule has 2 aliphatic carbocycles. The highest BCUT2D eigenvalue weighted by molar-refractivity contribution is 6.30. The number of hydrogen-bond donors (Lipinski definition) is 0. The quantitative estimate of drug-likeness (QED) is 0.141.